The minimum absolute atomic E-state index is 0.0530. The van der Waals surface area contributed by atoms with Crippen LogP contribution < -0.4 is 0 Å². The third kappa shape index (κ3) is 1.84. The fourth-order valence-electron chi connectivity index (χ4n) is 1.50. The van der Waals surface area contributed by atoms with Crippen molar-refractivity contribution in [2.24, 2.45) is 5.92 Å². The zero-order valence-corrected chi connectivity index (χ0v) is 6.59. The molecule has 1 saturated carbocycles. The van der Waals surface area contributed by atoms with Crippen molar-refractivity contribution in [1.82, 2.24) is 0 Å². The third-order valence-corrected chi connectivity index (χ3v) is 2.15. The summed E-state index contributed by atoms with van der Waals surface area (Å²) < 4.78 is 0. The summed E-state index contributed by atoms with van der Waals surface area (Å²) in [5.41, 5.74) is 0. The fraction of sp³-hybridized carbons (Fsp3) is 0.778. The Morgan fingerprint density at radius 3 is 2.80 bits per heavy atom. The van der Waals surface area contributed by atoms with E-state index in [1.54, 1.807) is 0 Å². The molecule has 0 radical (unpaired) electrons. The molecule has 1 nitrogen and oxygen atoms in total. The van der Waals surface area contributed by atoms with Gasteiger partial charge in [0.05, 0.1) is 6.10 Å². The zero-order valence-electron chi connectivity index (χ0n) is 6.59. The van der Waals surface area contributed by atoms with E-state index in [1.165, 1.54) is 12.8 Å². The fourth-order valence-corrected chi connectivity index (χ4v) is 1.50. The van der Waals surface area contributed by atoms with Crippen molar-refractivity contribution in [2.45, 2.75) is 38.7 Å². The molecule has 0 aromatic carbocycles. The SMILES string of the molecule is CCC=CC1CCCC1O. The smallest absolute Gasteiger partial charge is 0.0602 e. The standard InChI is InChI=1S/C9H16O/c1-2-3-5-8-6-4-7-9(8)10/h3,5,8-10H,2,4,6-7H2,1H3. The highest BCUT2D eigenvalue weighted by Crippen LogP contribution is 2.26. The summed E-state index contributed by atoms with van der Waals surface area (Å²) in [6.45, 7) is 2.12. The van der Waals surface area contributed by atoms with Crippen LogP contribution in [0.5, 0.6) is 0 Å². The maximum absolute atomic E-state index is 9.36. The van der Waals surface area contributed by atoms with Crippen LogP contribution in [-0.2, 0) is 0 Å². The van der Waals surface area contributed by atoms with Gasteiger partial charge >= 0.3 is 0 Å². The van der Waals surface area contributed by atoms with Gasteiger partial charge in [-0.25, -0.2) is 0 Å². The van der Waals surface area contributed by atoms with Crippen LogP contribution in [0, 0.1) is 5.92 Å². The Morgan fingerprint density at radius 1 is 1.50 bits per heavy atom. The molecule has 0 aromatic rings. The van der Waals surface area contributed by atoms with Crippen molar-refractivity contribution in [3.63, 3.8) is 0 Å². The quantitative estimate of drug-likeness (QED) is 0.582. The van der Waals surface area contributed by atoms with Gasteiger partial charge in [0.15, 0.2) is 0 Å². The summed E-state index contributed by atoms with van der Waals surface area (Å²) in [4.78, 5) is 0. The van der Waals surface area contributed by atoms with Gasteiger partial charge < -0.3 is 5.11 Å². The Hall–Kier alpha value is -0.300. The van der Waals surface area contributed by atoms with Gasteiger partial charge in [-0.1, -0.05) is 25.5 Å². The second-order valence-corrected chi connectivity index (χ2v) is 3.00. The van der Waals surface area contributed by atoms with Crippen LogP contribution >= 0.6 is 0 Å². The van der Waals surface area contributed by atoms with E-state index in [-0.39, 0.29) is 6.10 Å². The van der Waals surface area contributed by atoms with Crippen LogP contribution in [-0.4, -0.2) is 11.2 Å². The first-order valence-electron chi connectivity index (χ1n) is 4.19. The molecule has 0 aromatic heterocycles. The lowest BCUT2D eigenvalue weighted by molar-refractivity contribution is 0.153. The van der Waals surface area contributed by atoms with Crippen LogP contribution in [0.1, 0.15) is 32.6 Å². The van der Waals surface area contributed by atoms with E-state index in [9.17, 15) is 5.11 Å². The van der Waals surface area contributed by atoms with Gasteiger partial charge in [0.25, 0.3) is 0 Å². The maximum atomic E-state index is 9.36. The van der Waals surface area contributed by atoms with Crippen molar-refractivity contribution in [3.8, 4) is 0 Å². The van der Waals surface area contributed by atoms with Crippen molar-refractivity contribution in [2.75, 3.05) is 0 Å². The molecule has 0 heterocycles. The Balaban J connectivity index is 2.33. The van der Waals surface area contributed by atoms with Crippen LogP contribution in [0.4, 0.5) is 0 Å². The first kappa shape index (κ1) is 7.80. The molecule has 10 heavy (non-hydrogen) atoms. The van der Waals surface area contributed by atoms with Crippen molar-refractivity contribution >= 4 is 0 Å². The number of allylic oxidation sites excluding steroid dienone is 1. The van der Waals surface area contributed by atoms with E-state index in [0.29, 0.717) is 5.92 Å². The highest BCUT2D eigenvalue weighted by atomic mass is 16.3. The summed E-state index contributed by atoms with van der Waals surface area (Å²) in [5, 5.41) is 9.36. The summed E-state index contributed by atoms with van der Waals surface area (Å²) in [7, 11) is 0. The summed E-state index contributed by atoms with van der Waals surface area (Å²) in [6.07, 6.45) is 8.72. The largest absolute Gasteiger partial charge is 0.393 e. The molecule has 0 aliphatic heterocycles. The highest BCUT2D eigenvalue weighted by molar-refractivity contribution is 4.94. The second kappa shape index (κ2) is 3.77. The predicted molar refractivity (Wildman–Crippen MR) is 42.8 cm³/mol. The van der Waals surface area contributed by atoms with Crippen LogP contribution in [0.15, 0.2) is 12.2 Å². The Labute approximate surface area is 62.8 Å². The Kier molecular flexibility index (Phi) is 2.94. The number of rotatable bonds is 2. The Morgan fingerprint density at radius 2 is 2.30 bits per heavy atom. The third-order valence-electron chi connectivity index (χ3n) is 2.15. The molecule has 1 aliphatic carbocycles. The molecular formula is C9H16O. The molecule has 2 unspecified atom stereocenters. The minimum Gasteiger partial charge on any atom is -0.393 e. The lowest BCUT2D eigenvalue weighted by Crippen LogP contribution is -2.09. The molecule has 0 saturated heterocycles. The summed E-state index contributed by atoms with van der Waals surface area (Å²) >= 11 is 0. The lowest BCUT2D eigenvalue weighted by atomic mass is 10.1. The minimum atomic E-state index is -0.0530. The maximum Gasteiger partial charge on any atom is 0.0602 e. The van der Waals surface area contributed by atoms with E-state index < -0.39 is 0 Å². The van der Waals surface area contributed by atoms with Crippen molar-refractivity contribution in [3.05, 3.63) is 12.2 Å². The van der Waals surface area contributed by atoms with Crippen molar-refractivity contribution in [1.29, 1.82) is 0 Å². The molecule has 1 heteroatoms. The number of hydrogen-bond donors (Lipinski definition) is 1. The van der Waals surface area contributed by atoms with Gasteiger partial charge in [-0.3, -0.25) is 0 Å². The molecular weight excluding hydrogens is 124 g/mol. The molecule has 58 valence electrons. The lowest BCUT2D eigenvalue weighted by Gasteiger charge is -2.07. The molecule has 1 fully saturated rings. The van der Waals surface area contributed by atoms with Gasteiger partial charge in [0.2, 0.25) is 0 Å². The van der Waals surface area contributed by atoms with Gasteiger partial charge in [-0.05, 0) is 19.3 Å². The molecule has 1 N–H and O–H groups in total. The van der Waals surface area contributed by atoms with Gasteiger partial charge in [0, 0.05) is 5.92 Å². The molecule has 0 spiro atoms. The second-order valence-electron chi connectivity index (χ2n) is 3.00. The average molecular weight is 140 g/mol. The predicted octanol–water partition coefficient (Wildman–Crippen LogP) is 2.11. The van der Waals surface area contributed by atoms with Gasteiger partial charge in [-0.2, -0.15) is 0 Å². The number of hydrogen-bond acceptors (Lipinski definition) is 1. The zero-order chi connectivity index (χ0) is 7.40. The van der Waals surface area contributed by atoms with E-state index >= 15 is 0 Å². The number of aliphatic hydroxyl groups is 1. The van der Waals surface area contributed by atoms with E-state index in [4.69, 9.17) is 0 Å². The molecule has 2 atom stereocenters. The molecule has 1 aliphatic rings. The van der Waals surface area contributed by atoms with Gasteiger partial charge in [-0.15, -0.1) is 0 Å². The normalized spacial score (nSPS) is 33.8. The summed E-state index contributed by atoms with van der Waals surface area (Å²) in [5.74, 6) is 0.458. The highest BCUT2D eigenvalue weighted by Gasteiger charge is 2.21. The first-order valence-corrected chi connectivity index (χ1v) is 4.19. The first-order chi connectivity index (χ1) is 4.84. The topological polar surface area (TPSA) is 20.2 Å². The molecule has 1 rings (SSSR count). The van der Waals surface area contributed by atoms with Crippen LogP contribution in [0.3, 0.4) is 0 Å². The molecule has 0 amide bonds. The molecule has 0 bridgehead atoms. The monoisotopic (exact) mass is 140 g/mol. The van der Waals surface area contributed by atoms with E-state index in [0.717, 1.165) is 12.8 Å². The van der Waals surface area contributed by atoms with E-state index in [2.05, 4.69) is 19.1 Å². The Bertz CT molecular complexity index is 118. The van der Waals surface area contributed by atoms with E-state index in [1.807, 2.05) is 0 Å². The number of aliphatic hydroxyl groups excluding tert-OH is 1. The van der Waals surface area contributed by atoms with Crippen LogP contribution in [0.25, 0.3) is 0 Å². The van der Waals surface area contributed by atoms with Crippen molar-refractivity contribution < 1.29 is 5.11 Å². The van der Waals surface area contributed by atoms with Crippen LogP contribution in [0.2, 0.25) is 0 Å². The summed E-state index contributed by atoms with van der Waals surface area (Å²) in [6, 6.07) is 0. The average Bonchev–Trinajstić information content (AvgIpc) is 2.31. The van der Waals surface area contributed by atoms with Gasteiger partial charge in [0.1, 0.15) is 0 Å².